The Morgan fingerprint density at radius 1 is 1.26 bits per heavy atom. The number of halogens is 2. The number of ether oxygens (including phenoxy) is 1. The molecule has 5 nitrogen and oxygen atoms in total. The largest absolute Gasteiger partial charge is 0.465 e. The number of esters is 1. The first kappa shape index (κ1) is 13.6. The van der Waals surface area contributed by atoms with Gasteiger partial charge in [-0.15, -0.1) is 0 Å². The summed E-state index contributed by atoms with van der Waals surface area (Å²) in [6, 6.07) is 4.90. The minimum atomic E-state index is -0.590. The van der Waals surface area contributed by atoms with E-state index in [1.165, 1.54) is 13.3 Å². The molecule has 98 valence electrons. The molecule has 1 aromatic heterocycles. The zero-order valence-electron chi connectivity index (χ0n) is 9.85. The average molecular weight is 298 g/mol. The fourth-order valence-corrected chi connectivity index (χ4v) is 2.01. The molecule has 0 radical (unpaired) electrons. The fraction of sp³-hybridized carbons (Fsp3) is 0.0833. The number of carbonyl (C=O) groups excluding carboxylic acids is 1. The number of methoxy groups -OCH3 is 1. The lowest BCUT2D eigenvalue weighted by Crippen LogP contribution is -2.09. The summed E-state index contributed by atoms with van der Waals surface area (Å²) in [5, 5.41) is 0.920. The Morgan fingerprint density at radius 3 is 2.42 bits per heavy atom. The van der Waals surface area contributed by atoms with E-state index in [1.807, 2.05) is 0 Å². The second-order valence-corrected chi connectivity index (χ2v) is 4.52. The van der Waals surface area contributed by atoms with Crippen LogP contribution in [0.5, 0.6) is 0 Å². The van der Waals surface area contributed by atoms with E-state index in [9.17, 15) is 4.79 Å². The third-order valence-corrected chi connectivity index (χ3v) is 2.78. The molecule has 19 heavy (non-hydrogen) atoms. The third kappa shape index (κ3) is 2.94. The lowest BCUT2D eigenvalue weighted by Gasteiger charge is -2.06. The van der Waals surface area contributed by atoms with Crippen LogP contribution >= 0.6 is 23.2 Å². The van der Waals surface area contributed by atoms with Crippen molar-refractivity contribution < 1.29 is 9.53 Å². The van der Waals surface area contributed by atoms with E-state index in [-0.39, 0.29) is 11.4 Å². The number of benzene rings is 1. The average Bonchev–Trinajstić information content (AvgIpc) is 2.36. The van der Waals surface area contributed by atoms with E-state index in [2.05, 4.69) is 14.7 Å². The molecule has 1 heterocycles. The van der Waals surface area contributed by atoms with Gasteiger partial charge < -0.3 is 10.5 Å². The molecule has 1 aromatic carbocycles. The number of rotatable bonds is 2. The maximum Gasteiger partial charge on any atom is 0.343 e. The molecule has 7 heteroatoms. The molecule has 0 aliphatic carbocycles. The van der Waals surface area contributed by atoms with Crippen LogP contribution in [0.1, 0.15) is 10.4 Å². The van der Waals surface area contributed by atoms with Crippen molar-refractivity contribution in [1.82, 2.24) is 9.97 Å². The molecule has 0 unspecified atom stereocenters. The number of nitrogens with two attached hydrogens (primary N) is 1. The van der Waals surface area contributed by atoms with Crippen LogP contribution in [-0.4, -0.2) is 23.0 Å². The summed E-state index contributed by atoms with van der Waals surface area (Å²) in [5.41, 5.74) is 6.42. The molecule has 2 N–H and O–H groups in total. The van der Waals surface area contributed by atoms with Crippen molar-refractivity contribution in [2.75, 3.05) is 12.8 Å². The number of anilines is 1. The van der Waals surface area contributed by atoms with Crippen molar-refractivity contribution >= 4 is 35.0 Å². The Bertz CT molecular complexity index is 627. The van der Waals surface area contributed by atoms with Crippen LogP contribution in [0.15, 0.2) is 24.4 Å². The van der Waals surface area contributed by atoms with Crippen molar-refractivity contribution in [2.24, 2.45) is 0 Å². The van der Waals surface area contributed by atoms with Crippen molar-refractivity contribution in [3.05, 3.63) is 40.0 Å². The summed E-state index contributed by atoms with van der Waals surface area (Å²) < 4.78 is 4.56. The zero-order valence-corrected chi connectivity index (χ0v) is 11.4. The van der Waals surface area contributed by atoms with E-state index in [1.54, 1.807) is 18.2 Å². The molecule has 0 saturated heterocycles. The minimum absolute atomic E-state index is 0.0351. The van der Waals surface area contributed by atoms with Crippen LogP contribution in [-0.2, 0) is 4.74 Å². The molecule has 2 aromatic rings. The van der Waals surface area contributed by atoms with Gasteiger partial charge in [0.1, 0.15) is 11.4 Å². The van der Waals surface area contributed by atoms with Gasteiger partial charge in [-0.05, 0) is 18.2 Å². The Labute approximate surface area is 119 Å². The quantitative estimate of drug-likeness (QED) is 0.862. The molecule has 0 aliphatic heterocycles. The summed E-state index contributed by atoms with van der Waals surface area (Å²) >= 11 is 11.8. The van der Waals surface area contributed by atoms with Gasteiger partial charge in [-0.3, -0.25) is 0 Å². The van der Waals surface area contributed by atoms with E-state index in [0.717, 1.165) is 0 Å². The van der Waals surface area contributed by atoms with Crippen LogP contribution in [0.2, 0.25) is 10.0 Å². The van der Waals surface area contributed by atoms with Gasteiger partial charge in [0.25, 0.3) is 0 Å². The standard InChI is InChI=1S/C12H9Cl2N3O2/c1-19-12(18)9-5-16-11(17-10(9)15)6-2-7(13)4-8(14)3-6/h2-5H,1H3,(H2,15,16,17). The van der Waals surface area contributed by atoms with Gasteiger partial charge in [-0.25, -0.2) is 14.8 Å². The summed E-state index contributed by atoms with van der Waals surface area (Å²) in [6.07, 6.45) is 1.30. The second-order valence-electron chi connectivity index (χ2n) is 3.64. The number of carbonyl (C=O) groups is 1. The summed E-state index contributed by atoms with van der Waals surface area (Å²) in [7, 11) is 1.26. The second kappa shape index (κ2) is 5.42. The third-order valence-electron chi connectivity index (χ3n) is 2.34. The molecule has 0 amide bonds. The predicted molar refractivity (Wildman–Crippen MR) is 73.2 cm³/mol. The Morgan fingerprint density at radius 2 is 1.89 bits per heavy atom. The number of hydrogen-bond donors (Lipinski definition) is 1. The topological polar surface area (TPSA) is 78.1 Å². The van der Waals surface area contributed by atoms with Gasteiger partial charge in [0.15, 0.2) is 5.82 Å². The molecule has 0 saturated carbocycles. The highest BCUT2D eigenvalue weighted by atomic mass is 35.5. The molecular weight excluding hydrogens is 289 g/mol. The predicted octanol–water partition coefficient (Wildman–Crippen LogP) is 2.82. The van der Waals surface area contributed by atoms with Crippen molar-refractivity contribution in [2.45, 2.75) is 0 Å². The maximum absolute atomic E-state index is 11.4. The molecule has 0 fully saturated rings. The van der Waals surface area contributed by atoms with Crippen LogP contribution in [0.3, 0.4) is 0 Å². The van der Waals surface area contributed by atoms with Gasteiger partial charge >= 0.3 is 5.97 Å². The SMILES string of the molecule is COC(=O)c1cnc(-c2cc(Cl)cc(Cl)c2)nc1N. The zero-order chi connectivity index (χ0) is 14.0. The van der Waals surface area contributed by atoms with Gasteiger partial charge in [0, 0.05) is 21.8 Å². The molecule has 0 spiro atoms. The van der Waals surface area contributed by atoms with Gasteiger partial charge in [0.05, 0.1) is 7.11 Å². The van der Waals surface area contributed by atoms with Gasteiger partial charge in [-0.1, -0.05) is 23.2 Å². The summed E-state index contributed by atoms with van der Waals surface area (Å²) in [6.45, 7) is 0. The fourth-order valence-electron chi connectivity index (χ4n) is 1.48. The Hall–Kier alpha value is -1.85. The van der Waals surface area contributed by atoms with Crippen molar-refractivity contribution in [1.29, 1.82) is 0 Å². The summed E-state index contributed by atoms with van der Waals surface area (Å²) in [5.74, 6) is -0.226. The highest BCUT2D eigenvalue weighted by molar-refractivity contribution is 6.35. The monoisotopic (exact) mass is 297 g/mol. The van der Waals surface area contributed by atoms with Crippen LogP contribution in [0, 0.1) is 0 Å². The first-order chi connectivity index (χ1) is 9.01. The van der Waals surface area contributed by atoms with E-state index >= 15 is 0 Å². The maximum atomic E-state index is 11.4. The summed E-state index contributed by atoms with van der Waals surface area (Å²) in [4.78, 5) is 19.5. The lowest BCUT2D eigenvalue weighted by atomic mass is 10.2. The van der Waals surface area contributed by atoms with Crippen LogP contribution in [0.4, 0.5) is 5.82 Å². The van der Waals surface area contributed by atoms with Crippen LogP contribution < -0.4 is 5.73 Å². The van der Waals surface area contributed by atoms with Crippen molar-refractivity contribution in [3.8, 4) is 11.4 Å². The number of hydrogen-bond acceptors (Lipinski definition) is 5. The van der Waals surface area contributed by atoms with Gasteiger partial charge in [0.2, 0.25) is 0 Å². The van der Waals surface area contributed by atoms with E-state index < -0.39 is 5.97 Å². The van der Waals surface area contributed by atoms with E-state index in [4.69, 9.17) is 28.9 Å². The molecule has 0 bridgehead atoms. The minimum Gasteiger partial charge on any atom is -0.465 e. The number of aromatic nitrogens is 2. The smallest absolute Gasteiger partial charge is 0.343 e. The molecular formula is C12H9Cl2N3O2. The first-order valence-electron chi connectivity index (χ1n) is 5.18. The Balaban J connectivity index is 2.47. The normalized spacial score (nSPS) is 10.3. The first-order valence-corrected chi connectivity index (χ1v) is 5.94. The highest BCUT2D eigenvalue weighted by Crippen LogP contribution is 2.25. The Kier molecular flexibility index (Phi) is 3.87. The van der Waals surface area contributed by atoms with Crippen molar-refractivity contribution in [3.63, 3.8) is 0 Å². The highest BCUT2D eigenvalue weighted by Gasteiger charge is 2.14. The van der Waals surface area contributed by atoms with E-state index in [0.29, 0.717) is 21.4 Å². The van der Waals surface area contributed by atoms with Crippen LogP contribution in [0.25, 0.3) is 11.4 Å². The van der Waals surface area contributed by atoms with Gasteiger partial charge in [-0.2, -0.15) is 0 Å². The molecule has 2 rings (SSSR count). The molecule has 0 atom stereocenters. The molecule has 0 aliphatic rings. The number of nitrogens with zero attached hydrogens (tertiary/aromatic N) is 2. The lowest BCUT2D eigenvalue weighted by molar-refractivity contribution is 0.0601. The number of nitrogen functional groups attached to an aromatic ring is 1.